The molecule has 0 bridgehead atoms. The Balaban J connectivity index is 1.77. The molecule has 6 rings (SSSR count). The molecule has 1 saturated carbocycles. The van der Waals surface area contributed by atoms with Crippen LogP contribution in [0.3, 0.4) is 0 Å². The zero-order chi connectivity index (χ0) is 17.1. The fourth-order valence-electron chi connectivity index (χ4n) is 5.30. The van der Waals surface area contributed by atoms with Gasteiger partial charge in [-0.1, -0.05) is 97.1 Å². The van der Waals surface area contributed by atoms with E-state index in [0.29, 0.717) is 5.92 Å². The average Bonchev–Trinajstić information content (AvgIpc) is 3.45. The molecule has 3 aromatic carbocycles. The van der Waals surface area contributed by atoms with Crippen molar-refractivity contribution >= 4 is 5.57 Å². The van der Waals surface area contributed by atoms with E-state index >= 15 is 0 Å². The van der Waals surface area contributed by atoms with Crippen LogP contribution in [0.4, 0.5) is 0 Å². The molecule has 0 nitrogen and oxygen atoms in total. The van der Waals surface area contributed by atoms with Gasteiger partial charge in [0, 0.05) is 0 Å². The Bertz CT molecular complexity index is 1010. The molecule has 2 unspecified atom stereocenters. The summed E-state index contributed by atoms with van der Waals surface area (Å²) in [6.45, 7) is 0. The number of hydrogen-bond acceptors (Lipinski definition) is 0. The Hall–Kier alpha value is -2.86. The first-order valence-corrected chi connectivity index (χ1v) is 9.54. The first-order chi connectivity index (χ1) is 12.9. The summed E-state index contributed by atoms with van der Waals surface area (Å²) in [6.07, 6.45) is 6.20. The minimum atomic E-state index is -0.196. The second-order valence-electron chi connectivity index (χ2n) is 7.72. The van der Waals surface area contributed by atoms with Gasteiger partial charge in [-0.25, -0.2) is 0 Å². The van der Waals surface area contributed by atoms with Crippen molar-refractivity contribution < 1.29 is 0 Å². The van der Waals surface area contributed by atoms with E-state index in [0.717, 1.165) is 5.92 Å². The first kappa shape index (κ1) is 14.3. The molecular formula is C26H20. The molecular weight excluding hydrogens is 312 g/mol. The molecule has 0 saturated heterocycles. The molecule has 0 aromatic heterocycles. The van der Waals surface area contributed by atoms with Gasteiger partial charge in [-0.05, 0) is 51.7 Å². The maximum atomic E-state index is 2.45. The quantitative estimate of drug-likeness (QED) is 0.540. The molecule has 26 heavy (non-hydrogen) atoms. The van der Waals surface area contributed by atoms with E-state index in [1.54, 1.807) is 5.57 Å². The zero-order valence-electron chi connectivity index (χ0n) is 14.6. The third-order valence-electron chi connectivity index (χ3n) is 6.45. The largest absolute Gasteiger partial charge is 0.0804 e. The first-order valence-electron chi connectivity index (χ1n) is 9.54. The predicted molar refractivity (Wildman–Crippen MR) is 107 cm³/mol. The molecule has 124 valence electrons. The monoisotopic (exact) mass is 332 g/mol. The van der Waals surface area contributed by atoms with Crippen molar-refractivity contribution in [3.05, 3.63) is 125 Å². The van der Waals surface area contributed by atoms with E-state index in [9.17, 15) is 0 Å². The fourth-order valence-corrected chi connectivity index (χ4v) is 5.30. The van der Waals surface area contributed by atoms with Crippen LogP contribution in [0.15, 0.2) is 103 Å². The summed E-state index contributed by atoms with van der Waals surface area (Å²) in [5.74, 6) is 1.47. The lowest BCUT2D eigenvalue weighted by Gasteiger charge is -2.35. The normalized spacial score (nSPS) is 24.0. The Labute approximate surface area is 154 Å². The summed E-state index contributed by atoms with van der Waals surface area (Å²) >= 11 is 0. The molecule has 0 heterocycles. The van der Waals surface area contributed by atoms with Crippen LogP contribution in [0.5, 0.6) is 0 Å². The molecule has 0 heteroatoms. The van der Waals surface area contributed by atoms with Crippen molar-refractivity contribution in [2.45, 2.75) is 11.8 Å². The maximum absolute atomic E-state index is 2.45. The van der Waals surface area contributed by atoms with Gasteiger partial charge >= 0.3 is 0 Å². The third kappa shape index (κ3) is 1.69. The SMILES string of the molecule is C1=CC2CC2C2=C1C(c1ccccc1)(c1ccccc1)c1ccccc12. The topological polar surface area (TPSA) is 0 Å². The smallest absolute Gasteiger partial charge is 0.0710 e. The van der Waals surface area contributed by atoms with Gasteiger partial charge < -0.3 is 0 Å². The van der Waals surface area contributed by atoms with Crippen LogP contribution in [-0.2, 0) is 5.41 Å². The molecule has 0 spiro atoms. The van der Waals surface area contributed by atoms with Crippen molar-refractivity contribution in [3.63, 3.8) is 0 Å². The molecule has 0 N–H and O–H groups in total. The summed E-state index contributed by atoms with van der Waals surface area (Å²) in [6, 6.07) is 31.2. The van der Waals surface area contributed by atoms with Gasteiger partial charge in [0.1, 0.15) is 0 Å². The van der Waals surface area contributed by atoms with E-state index < -0.39 is 0 Å². The number of benzene rings is 3. The number of hydrogen-bond donors (Lipinski definition) is 0. The maximum Gasteiger partial charge on any atom is 0.0710 e. The number of fused-ring (bicyclic) bond motifs is 4. The van der Waals surface area contributed by atoms with Gasteiger partial charge in [0.2, 0.25) is 0 Å². The highest BCUT2D eigenvalue weighted by Gasteiger charge is 2.53. The third-order valence-corrected chi connectivity index (χ3v) is 6.45. The van der Waals surface area contributed by atoms with Crippen LogP contribution in [0, 0.1) is 11.8 Å². The Kier molecular flexibility index (Phi) is 2.80. The van der Waals surface area contributed by atoms with Gasteiger partial charge in [-0.2, -0.15) is 0 Å². The van der Waals surface area contributed by atoms with Crippen molar-refractivity contribution in [1.29, 1.82) is 0 Å². The van der Waals surface area contributed by atoms with E-state index in [4.69, 9.17) is 0 Å². The van der Waals surface area contributed by atoms with Crippen LogP contribution in [-0.4, -0.2) is 0 Å². The van der Waals surface area contributed by atoms with E-state index in [-0.39, 0.29) is 5.41 Å². The van der Waals surface area contributed by atoms with Gasteiger partial charge in [-0.15, -0.1) is 0 Å². The predicted octanol–water partition coefficient (Wildman–Crippen LogP) is 5.99. The summed E-state index contributed by atoms with van der Waals surface area (Å²) in [7, 11) is 0. The van der Waals surface area contributed by atoms with Crippen LogP contribution in [0.25, 0.3) is 5.57 Å². The Morgan fingerprint density at radius 3 is 2.00 bits per heavy atom. The van der Waals surface area contributed by atoms with E-state index in [1.165, 1.54) is 34.2 Å². The minimum Gasteiger partial charge on any atom is -0.0804 e. The lowest BCUT2D eigenvalue weighted by molar-refractivity contribution is 0.755. The van der Waals surface area contributed by atoms with Gasteiger partial charge in [0.15, 0.2) is 0 Å². The van der Waals surface area contributed by atoms with Crippen LogP contribution < -0.4 is 0 Å². The van der Waals surface area contributed by atoms with Crippen LogP contribution in [0.1, 0.15) is 28.7 Å². The average molecular weight is 332 g/mol. The highest BCUT2D eigenvalue weighted by Crippen LogP contribution is 2.63. The van der Waals surface area contributed by atoms with E-state index in [2.05, 4.69) is 97.1 Å². The molecule has 0 amide bonds. The van der Waals surface area contributed by atoms with Crippen molar-refractivity contribution in [1.82, 2.24) is 0 Å². The molecule has 0 aliphatic heterocycles. The highest BCUT2D eigenvalue weighted by molar-refractivity contribution is 5.90. The van der Waals surface area contributed by atoms with Crippen molar-refractivity contribution in [2.24, 2.45) is 11.8 Å². The minimum absolute atomic E-state index is 0.196. The van der Waals surface area contributed by atoms with Crippen LogP contribution in [0.2, 0.25) is 0 Å². The molecule has 3 aliphatic rings. The van der Waals surface area contributed by atoms with Gasteiger partial charge in [-0.3, -0.25) is 0 Å². The molecule has 1 fully saturated rings. The molecule has 3 aromatic rings. The Morgan fingerprint density at radius 1 is 0.692 bits per heavy atom. The molecule has 2 atom stereocenters. The lowest BCUT2D eigenvalue weighted by Crippen LogP contribution is -2.29. The molecule has 0 radical (unpaired) electrons. The fraction of sp³-hybridized carbons (Fsp3) is 0.154. The van der Waals surface area contributed by atoms with Crippen LogP contribution >= 0.6 is 0 Å². The second-order valence-corrected chi connectivity index (χ2v) is 7.72. The second kappa shape index (κ2) is 5.08. The van der Waals surface area contributed by atoms with Gasteiger partial charge in [0.05, 0.1) is 5.41 Å². The lowest BCUT2D eigenvalue weighted by atomic mass is 9.66. The van der Waals surface area contributed by atoms with Crippen molar-refractivity contribution in [2.75, 3.05) is 0 Å². The molecule has 3 aliphatic carbocycles. The Morgan fingerprint density at radius 2 is 1.31 bits per heavy atom. The summed E-state index contributed by atoms with van der Waals surface area (Å²) in [4.78, 5) is 0. The number of allylic oxidation sites excluding steroid dienone is 4. The number of rotatable bonds is 2. The van der Waals surface area contributed by atoms with E-state index in [1.807, 2.05) is 0 Å². The summed E-state index contributed by atoms with van der Waals surface area (Å²) in [5.41, 5.74) is 8.54. The standard InChI is InChI=1S/C26H20/c1-3-9-19(10-4-1)26(20-11-5-2-6-12-20)23-14-8-7-13-21(23)25-22-17-18(22)15-16-24(25)26/h1-16,18,22H,17H2. The van der Waals surface area contributed by atoms with Crippen molar-refractivity contribution in [3.8, 4) is 0 Å². The summed E-state index contributed by atoms with van der Waals surface area (Å²) in [5, 5.41) is 0. The van der Waals surface area contributed by atoms with Gasteiger partial charge in [0.25, 0.3) is 0 Å². The summed E-state index contributed by atoms with van der Waals surface area (Å²) < 4.78 is 0. The highest BCUT2D eigenvalue weighted by atomic mass is 14.6. The zero-order valence-corrected chi connectivity index (χ0v) is 14.6.